The summed E-state index contributed by atoms with van der Waals surface area (Å²) >= 11 is 0. The SMILES string of the molecule is CCCCC/C=C\C/C=C\CCCCCCCCCC(=O)O[C@H](COC(=O)CCCCCCCCCCCCCCCCCCCCC)COP(=O)(O)OCC[N+](C)(C)C. The molecule has 0 saturated carbocycles. The zero-order chi connectivity index (χ0) is 44.3. The first kappa shape index (κ1) is 58.5. The van der Waals surface area contributed by atoms with E-state index in [2.05, 4.69) is 38.2 Å². The molecule has 0 radical (unpaired) electrons. The molecule has 2 atom stereocenters. The van der Waals surface area contributed by atoms with E-state index in [1.807, 2.05) is 21.1 Å². The standard InChI is InChI=1S/C50H96NO8P/c1-6-8-10-12-14-16-18-20-22-24-25-27-28-30-32-34-36-38-40-42-49(52)56-46-48(47-58-60(54,55)57-45-44-51(3,4)5)59-50(53)43-41-39-37-35-33-31-29-26-23-21-19-17-15-13-11-9-7-2/h15,17,21,23,48H,6-14,16,18-20,22,24-47H2,1-5H3/p+1/b17-15-,23-21-/t48-/m1/s1. The molecule has 0 heterocycles. The Morgan fingerprint density at radius 2 is 0.900 bits per heavy atom. The fourth-order valence-corrected chi connectivity index (χ4v) is 7.79. The number of hydrogen-bond donors (Lipinski definition) is 1. The Morgan fingerprint density at radius 3 is 1.35 bits per heavy atom. The predicted octanol–water partition coefficient (Wildman–Crippen LogP) is 14.7. The summed E-state index contributed by atoms with van der Waals surface area (Å²) in [6, 6.07) is 0. The Labute approximate surface area is 370 Å². The van der Waals surface area contributed by atoms with Gasteiger partial charge in [0.2, 0.25) is 0 Å². The van der Waals surface area contributed by atoms with Crippen molar-refractivity contribution in [3.05, 3.63) is 24.3 Å². The summed E-state index contributed by atoms with van der Waals surface area (Å²) in [4.78, 5) is 35.5. The Balaban J connectivity index is 4.25. The number of rotatable bonds is 46. The lowest BCUT2D eigenvalue weighted by molar-refractivity contribution is -0.870. The molecule has 60 heavy (non-hydrogen) atoms. The maximum atomic E-state index is 12.7. The van der Waals surface area contributed by atoms with Crippen LogP contribution in [0.3, 0.4) is 0 Å². The lowest BCUT2D eigenvalue weighted by Crippen LogP contribution is -2.37. The summed E-state index contributed by atoms with van der Waals surface area (Å²) in [6.45, 7) is 4.43. The van der Waals surface area contributed by atoms with Gasteiger partial charge in [-0.3, -0.25) is 18.6 Å². The number of hydrogen-bond acceptors (Lipinski definition) is 7. The first-order chi connectivity index (χ1) is 29.0. The van der Waals surface area contributed by atoms with E-state index >= 15 is 0 Å². The van der Waals surface area contributed by atoms with Gasteiger partial charge in [-0.2, -0.15) is 0 Å². The third kappa shape index (κ3) is 46.0. The molecule has 0 aliphatic carbocycles. The van der Waals surface area contributed by atoms with E-state index in [-0.39, 0.29) is 25.6 Å². The number of nitrogens with zero attached hydrogens (tertiary/aromatic N) is 1. The van der Waals surface area contributed by atoms with Gasteiger partial charge < -0.3 is 18.9 Å². The third-order valence-corrected chi connectivity index (χ3v) is 12.0. The topological polar surface area (TPSA) is 108 Å². The number of allylic oxidation sites excluding steroid dienone is 4. The number of quaternary nitrogens is 1. The Bertz CT molecular complexity index is 1070. The molecule has 0 bridgehead atoms. The number of unbranched alkanes of at least 4 members (excludes halogenated alkanes) is 28. The van der Waals surface area contributed by atoms with E-state index in [0.717, 1.165) is 51.4 Å². The van der Waals surface area contributed by atoms with E-state index in [1.54, 1.807) is 0 Å². The van der Waals surface area contributed by atoms with Crippen LogP contribution in [-0.4, -0.2) is 74.9 Å². The van der Waals surface area contributed by atoms with Crippen molar-refractivity contribution < 1.29 is 42.1 Å². The summed E-state index contributed by atoms with van der Waals surface area (Å²) in [7, 11) is 1.48. The van der Waals surface area contributed by atoms with Crippen molar-refractivity contribution >= 4 is 19.8 Å². The van der Waals surface area contributed by atoms with E-state index in [1.165, 1.54) is 148 Å². The second-order valence-corrected chi connectivity index (χ2v) is 19.7. The van der Waals surface area contributed by atoms with E-state index < -0.39 is 26.5 Å². The summed E-state index contributed by atoms with van der Waals surface area (Å²) < 4.78 is 34.4. The van der Waals surface area contributed by atoms with E-state index in [0.29, 0.717) is 23.9 Å². The second kappa shape index (κ2) is 42.8. The highest BCUT2D eigenvalue weighted by Crippen LogP contribution is 2.43. The molecule has 0 aromatic rings. The number of phosphoric acid groups is 1. The highest BCUT2D eigenvalue weighted by molar-refractivity contribution is 7.47. The van der Waals surface area contributed by atoms with Gasteiger partial charge in [0.1, 0.15) is 19.8 Å². The maximum absolute atomic E-state index is 12.7. The van der Waals surface area contributed by atoms with Crippen molar-refractivity contribution in [2.45, 2.75) is 238 Å². The average Bonchev–Trinajstić information content (AvgIpc) is 3.20. The largest absolute Gasteiger partial charge is 0.472 e. The zero-order valence-electron chi connectivity index (χ0n) is 40.0. The number of carbonyl (C=O) groups excluding carboxylic acids is 2. The maximum Gasteiger partial charge on any atom is 0.472 e. The fraction of sp³-hybridized carbons (Fsp3) is 0.880. The molecular formula is C50H97NO8P+. The number of ether oxygens (including phenoxy) is 2. The van der Waals surface area contributed by atoms with Gasteiger partial charge in [-0.1, -0.05) is 199 Å². The lowest BCUT2D eigenvalue weighted by Gasteiger charge is -2.24. The Morgan fingerprint density at radius 1 is 0.517 bits per heavy atom. The predicted molar refractivity (Wildman–Crippen MR) is 252 cm³/mol. The molecule has 0 saturated heterocycles. The van der Waals surface area contributed by atoms with Gasteiger partial charge in [0, 0.05) is 12.8 Å². The minimum atomic E-state index is -4.38. The van der Waals surface area contributed by atoms with Gasteiger partial charge in [-0.25, -0.2) is 4.57 Å². The molecule has 0 aromatic carbocycles. The first-order valence-electron chi connectivity index (χ1n) is 25.1. The Hall–Kier alpha value is -1.51. The minimum Gasteiger partial charge on any atom is -0.462 e. The summed E-state index contributed by atoms with van der Waals surface area (Å²) in [6.07, 6.45) is 47.9. The molecule has 0 amide bonds. The van der Waals surface area contributed by atoms with Crippen LogP contribution in [0.4, 0.5) is 0 Å². The van der Waals surface area contributed by atoms with Gasteiger partial charge in [-0.05, 0) is 44.9 Å². The van der Waals surface area contributed by atoms with Crippen molar-refractivity contribution in [3.63, 3.8) is 0 Å². The van der Waals surface area contributed by atoms with Crippen LogP contribution in [0.2, 0.25) is 0 Å². The van der Waals surface area contributed by atoms with Gasteiger partial charge in [0.15, 0.2) is 6.10 Å². The van der Waals surface area contributed by atoms with Gasteiger partial charge in [0.25, 0.3) is 0 Å². The molecule has 0 spiro atoms. The zero-order valence-corrected chi connectivity index (χ0v) is 40.9. The average molecular weight is 871 g/mol. The summed E-state index contributed by atoms with van der Waals surface area (Å²) in [5, 5.41) is 0. The smallest absolute Gasteiger partial charge is 0.462 e. The molecule has 354 valence electrons. The second-order valence-electron chi connectivity index (χ2n) is 18.2. The van der Waals surface area contributed by atoms with E-state index in [9.17, 15) is 19.0 Å². The van der Waals surface area contributed by atoms with Crippen molar-refractivity contribution in [2.24, 2.45) is 0 Å². The summed E-state index contributed by atoms with van der Waals surface area (Å²) in [5.41, 5.74) is 0. The van der Waals surface area contributed by atoms with Crippen LogP contribution >= 0.6 is 7.82 Å². The van der Waals surface area contributed by atoms with Crippen LogP contribution in [-0.2, 0) is 32.7 Å². The van der Waals surface area contributed by atoms with Gasteiger partial charge >= 0.3 is 19.8 Å². The molecule has 0 fully saturated rings. The summed E-state index contributed by atoms with van der Waals surface area (Å²) in [5.74, 6) is -0.796. The minimum absolute atomic E-state index is 0.0321. The third-order valence-electron chi connectivity index (χ3n) is 11.0. The van der Waals surface area contributed by atoms with Gasteiger partial charge in [-0.15, -0.1) is 0 Å². The molecule has 0 aliphatic rings. The van der Waals surface area contributed by atoms with Crippen LogP contribution in [0.25, 0.3) is 0 Å². The molecule has 10 heteroatoms. The van der Waals surface area contributed by atoms with Crippen LogP contribution < -0.4 is 0 Å². The molecule has 0 aliphatic heterocycles. The van der Waals surface area contributed by atoms with Gasteiger partial charge in [0.05, 0.1) is 27.7 Å². The van der Waals surface area contributed by atoms with Crippen LogP contribution in [0.15, 0.2) is 24.3 Å². The highest BCUT2D eigenvalue weighted by Gasteiger charge is 2.27. The normalized spacial score (nSPS) is 13.6. The molecular weight excluding hydrogens is 774 g/mol. The molecule has 0 aromatic heterocycles. The van der Waals surface area contributed by atoms with Crippen molar-refractivity contribution in [2.75, 3.05) is 47.5 Å². The fourth-order valence-electron chi connectivity index (χ4n) is 7.05. The molecule has 1 unspecified atom stereocenters. The van der Waals surface area contributed by atoms with Crippen molar-refractivity contribution in [1.82, 2.24) is 0 Å². The Kier molecular flexibility index (Phi) is 41.7. The van der Waals surface area contributed by atoms with E-state index in [4.69, 9.17) is 18.5 Å². The monoisotopic (exact) mass is 871 g/mol. The van der Waals surface area contributed by atoms with Crippen molar-refractivity contribution in [1.29, 1.82) is 0 Å². The number of carbonyl (C=O) groups is 2. The molecule has 9 nitrogen and oxygen atoms in total. The van der Waals surface area contributed by atoms with Crippen molar-refractivity contribution in [3.8, 4) is 0 Å². The number of phosphoric ester groups is 1. The quantitative estimate of drug-likeness (QED) is 0.0212. The number of esters is 2. The molecule has 0 rings (SSSR count). The van der Waals surface area contributed by atoms with Crippen LogP contribution in [0.1, 0.15) is 232 Å². The van der Waals surface area contributed by atoms with Crippen LogP contribution in [0, 0.1) is 0 Å². The first-order valence-corrected chi connectivity index (χ1v) is 26.6. The van der Waals surface area contributed by atoms with Crippen LogP contribution in [0.5, 0.6) is 0 Å². The highest BCUT2D eigenvalue weighted by atomic mass is 31.2. The molecule has 1 N–H and O–H groups in total. The lowest BCUT2D eigenvalue weighted by atomic mass is 10.0. The number of likely N-dealkylation sites (N-methyl/N-ethyl adjacent to an activating group) is 1.